The maximum Gasteiger partial charge on any atom is 0.240 e. The van der Waals surface area contributed by atoms with Gasteiger partial charge in [-0.1, -0.05) is 42.5 Å². The highest BCUT2D eigenvalue weighted by molar-refractivity contribution is 5.81. The highest BCUT2D eigenvalue weighted by Crippen LogP contribution is 2.20. The first kappa shape index (κ1) is 14.9. The topological polar surface area (TPSA) is 46.9 Å². The molecule has 1 saturated carbocycles. The molecule has 0 spiro atoms. The molecule has 24 heavy (non-hydrogen) atoms. The van der Waals surface area contributed by atoms with E-state index >= 15 is 0 Å². The van der Waals surface area contributed by atoms with Gasteiger partial charge in [-0.2, -0.15) is 0 Å². The molecule has 122 valence electrons. The van der Waals surface area contributed by atoms with Gasteiger partial charge in [0.2, 0.25) is 5.91 Å². The predicted molar refractivity (Wildman–Crippen MR) is 94.7 cm³/mol. The van der Waals surface area contributed by atoms with Crippen molar-refractivity contribution in [3.63, 3.8) is 0 Å². The fourth-order valence-corrected chi connectivity index (χ4v) is 3.04. The number of benzene rings is 2. The Balaban J connectivity index is 1.58. The monoisotopic (exact) mass is 319 g/mol. The van der Waals surface area contributed by atoms with Crippen LogP contribution in [0.15, 0.2) is 54.6 Å². The van der Waals surface area contributed by atoms with Gasteiger partial charge in [0, 0.05) is 12.5 Å². The van der Waals surface area contributed by atoms with E-state index < -0.39 is 0 Å². The number of para-hydroxylation sites is 2. The van der Waals surface area contributed by atoms with Crippen molar-refractivity contribution in [3.05, 3.63) is 66.0 Å². The number of aromatic nitrogens is 2. The van der Waals surface area contributed by atoms with Gasteiger partial charge in [-0.25, -0.2) is 4.98 Å². The van der Waals surface area contributed by atoms with Crippen LogP contribution in [0.25, 0.3) is 11.0 Å². The van der Waals surface area contributed by atoms with Crippen molar-refractivity contribution in [2.45, 2.75) is 38.3 Å². The minimum Gasteiger partial charge on any atom is -0.352 e. The SMILES string of the molecule is O=C(Cn1c(CCc2ccccc2)nc2ccccc21)NC1CC1. The number of hydrogen-bond donors (Lipinski definition) is 1. The Bertz CT molecular complexity index is 850. The Morgan fingerprint density at radius 3 is 2.58 bits per heavy atom. The van der Waals surface area contributed by atoms with Crippen LogP contribution >= 0.6 is 0 Å². The average molecular weight is 319 g/mol. The molecule has 4 rings (SSSR count). The Morgan fingerprint density at radius 1 is 1.04 bits per heavy atom. The average Bonchev–Trinajstić information content (AvgIpc) is 3.35. The predicted octanol–water partition coefficient (Wildman–Crippen LogP) is 3.10. The minimum absolute atomic E-state index is 0.0848. The third-order valence-corrected chi connectivity index (χ3v) is 4.46. The van der Waals surface area contributed by atoms with Crippen molar-refractivity contribution in [1.29, 1.82) is 0 Å². The lowest BCUT2D eigenvalue weighted by molar-refractivity contribution is -0.121. The molecule has 2 aromatic carbocycles. The Morgan fingerprint density at radius 2 is 1.79 bits per heavy atom. The zero-order valence-corrected chi connectivity index (χ0v) is 13.6. The first-order valence-corrected chi connectivity index (χ1v) is 8.57. The summed E-state index contributed by atoms with van der Waals surface area (Å²) in [6, 6.07) is 18.8. The van der Waals surface area contributed by atoms with Gasteiger partial charge in [-0.3, -0.25) is 4.79 Å². The second-order valence-corrected chi connectivity index (χ2v) is 6.43. The Hall–Kier alpha value is -2.62. The van der Waals surface area contributed by atoms with Gasteiger partial charge in [0.15, 0.2) is 0 Å². The summed E-state index contributed by atoms with van der Waals surface area (Å²) in [7, 11) is 0. The highest BCUT2D eigenvalue weighted by atomic mass is 16.2. The molecule has 1 amide bonds. The number of carbonyl (C=O) groups is 1. The number of nitrogens with zero attached hydrogens (tertiary/aromatic N) is 2. The zero-order valence-electron chi connectivity index (χ0n) is 13.6. The number of fused-ring (bicyclic) bond motifs is 1. The van der Waals surface area contributed by atoms with Gasteiger partial charge < -0.3 is 9.88 Å². The van der Waals surface area contributed by atoms with Crippen LogP contribution in [0.3, 0.4) is 0 Å². The van der Waals surface area contributed by atoms with Crippen LogP contribution in [-0.2, 0) is 24.2 Å². The molecule has 0 saturated heterocycles. The van der Waals surface area contributed by atoms with Crippen molar-refractivity contribution in [2.75, 3.05) is 0 Å². The van der Waals surface area contributed by atoms with E-state index in [-0.39, 0.29) is 5.91 Å². The van der Waals surface area contributed by atoms with Crippen LogP contribution < -0.4 is 5.32 Å². The molecule has 1 aliphatic carbocycles. The second kappa shape index (κ2) is 6.48. The summed E-state index contributed by atoms with van der Waals surface area (Å²) in [5.41, 5.74) is 3.28. The molecule has 1 heterocycles. The quantitative estimate of drug-likeness (QED) is 0.759. The van der Waals surface area contributed by atoms with Gasteiger partial charge in [0.25, 0.3) is 0 Å². The third kappa shape index (κ3) is 3.32. The van der Waals surface area contributed by atoms with Gasteiger partial charge in [-0.15, -0.1) is 0 Å². The van der Waals surface area contributed by atoms with Crippen molar-refractivity contribution >= 4 is 16.9 Å². The van der Waals surface area contributed by atoms with Crippen molar-refractivity contribution in [1.82, 2.24) is 14.9 Å². The van der Waals surface area contributed by atoms with Gasteiger partial charge in [0.05, 0.1) is 11.0 Å². The van der Waals surface area contributed by atoms with Crippen molar-refractivity contribution in [2.24, 2.45) is 0 Å². The van der Waals surface area contributed by atoms with E-state index in [9.17, 15) is 4.79 Å². The second-order valence-electron chi connectivity index (χ2n) is 6.43. The van der Waals surface area contributed by atoms with E-state index in [1.54, 1.807) is 0 Å². The summed E-state index contributed by atoms with van der Waals surface area (Å²) in [6.45, 7) is 0.348. The van der Waals surface area contributed by atoms with E-state index in [1.807, 2.05) is 30.3 Å². The van der Waals surface area contributed by atoms with Crippen molar-refractivity contribution < 1.29 is 4.79 Å². The summed E-state index contributed by atoms with van der Waals surface area (Å²) < 4.78 is 2.07. The molecular formula is C20H21N3O. The maximum absolute atomic E-state index is 12.3. The van der Waals surface area contributed by atoms with E-state index in [1.165, 1.54) is 5.56 Å². The number of nitrogens with one attached hydrogen (secondary N) is 1. The summed E-state index contributed by atoms with van der Waals surface area (Å²) >= 11 is 0. The first-order valence-electron chi connectivity index (χ1n) is 8.57. The third-order valence-electron chi connectivity index (χ3n) is 4.46. The zero-order chi connectivity index (χ0) is 16.4. The van der Waals surface area contributed by atoms with Crippen LogP contribution in [-0.4, -0.2) is 21.5 Å². The highest BCUT2D eigenvalue weighted by Gasteiger charge is 2.24. The number of imidazole rings is 1. The molecule has 1 fully saturated rings. The first-order chi connectivity index (χ1) is 11.8. The molecule has 3 aromatic rings. The molecule has 0 bridgehead atoms. The van der Waals surface area contributed by atoms with Crippen molar-refractivity contribution in [3.8, 4) is 0 Å². The summed E-state index contributed by atoms with van der Waals surface area (Å²) in [5.74, 6) is 1.06. The maximum atomic E-state index is 12.3. The normalized spacial score (nSPS) is 14.0. The van der Waals surface area contributed by atoms with Gasteiger partial charge >= 0.3 is 0 Å². The largest absolute Gasteiger partial charge is 0.352 e. The molecule has 0 aliphatic heterocycles. The van der Waals surface area contributed by atoms with Gasteiger partial charge in [-0.05, 0) is 37.0 Å². The van der Waals surface area contributed by atoms with Crippen LogP contribution in [0.5, 0.6) is 0 Å². The Kier molecular flexibility index (Phi) is 4.03. The lowest BCUT2D eigenvalue weighted by Crippen LogP contribution is -2.29. The Labute approximate surface area is 141 Å². The lowest BCUT2D eigenvalue weighted by atomic mass is 10.1. The molecule has 0 atom stereocenters. The fourth-order valence-electron chi connectivity index (χ4n) is 3.04. The summed E-state index contributed by atoms with van der Waals surface area (Å²) in [4.78, 5) is 17.0. The van der Waals surface area contributed by atoms with Crippen LogP contribution in [0.1, 0.15) is 24.2 Å². The lowest BCUT2D eigenvalue weighted by Gasteiger charge is -2.10. The van der Waals surface area contributed by atoms with E-state index in [0.29, 0.717) is 12.6 Å². The summed E-state index contributed by atoms with van der Waals surface area (Å²) in [5, 5.41) is 3.07. The van der Waals surface area contributed by atoms with Crippen LogP contribution in [0.2, 0.25) is 0 Å². The van der Waals surface area contributed by atoms with Crippen LogP contribution in [0, 0.1) is 0 Å². The smallest absolute Gasteiger partial charge is 0.240 e. The standard InChI is InChI=1S/C20H21N3O/c24-20(21-16-11-12-16)14-23-18-9-5-4-8-17(18)22-19(23)13-10-15-6-2-1-3-7-15/h1-9,16H,10-14H2,(H,21,24). The number of rotatable bonds is 6. The molecule has 1 N–H and O–H groups in total. The van der Waals surface area contributed by atoms with E-state index in [2.05, 4.69) is 34.1 Å². The fraction of sp³-hybridized carbons (Fsp3) is 0.300. The molecule has 0 radical (unpaired) electrons. The molecule has 4 heteroatoms. The van der Waals surface area contributed by atoms with Crippen LogP contribution in [0.4, 0.5) is 0 Å². The number of carbonyl (C=O) groups excluding carboxylic acids is 1. The molecule has 0 unspecified atom stereocenters. The minimum atomic E-state index is 0.0848. The number of hydrogen-bond acceptors (Lipinski definition) is 2. The molecule has 4 nitrogen and oxygen atoms in total. The summed E-state index contributed by atoms with van der Waals surface area (Å²) in [6.07, 6.45) is 3.97. The van der Waals surface area contributed by atoms with Gasteiger partial charge in [0.1, 0.15) is 12.4 Å². The molecule has 1 aromatic heterocycles. The molecule has 1 aliphatic rings. The van der Waals surface area contributed by atoms with E-state index in [4.69, 9.17) is 4.98 Å². The molecular weight excluding hydrogens is 298 g/mol. The number of amides is 1. The number of aryl methyl sites for hydroxylation is 2. The van der Waals surface area contributed by atoms with E-state index in [0.717, 1.165) is 42.5 Å².